The Bertz CT molecular complexity index is 571. The van der Waals surface area contributed by atoms with Gasteiger partial charge < -0.3 is 5.11 Å². The Morgan fingerprint density at radius 3 is 2.54 bits per heavy atom. The van der Waals surface area contributed by atoms with Crippen LogP contribution in [0.1, 0.15) is 98.3 Å². The molecular formula is C24H40O2. The van der Waals surface area contributed by atoms with E-state index in [1.165, 1.54) is 38.5 Å². The Hall–Kier alpha value is -0.370. The Morgan fingerprint density at radius 2 is 1.81 bits per heavy atom. The standard InChI is InChI=1S/C24H40O2/c1-5-6-11-24(26)13-10-20-18-8-7-17-14-21(25)16(2)15-22(17,3)19(18)9-12-23(20,24)4/h16-20,26H,5-15H2,1-4H3/t16-,17+,18?,19?,20?,22+,23+,24+/m1/s1. The van der Waals surface area contributed by atoms with Crippen LogP contribution in [-0.4, -0.2) is 16.5 Å². The second-order valence-corrected chi connectivity index (χ2v) is 11.1. The maximum absolute atomic E-state index is 12.3. The Morgan fingerprint density at radius 1 is 1.08 bits per heavy atom. The summed E-state index contributed by atoms with van der Waals surface area (Å²) >= 11 is 0. The highest BCUT2D eigenvalue weighted by Gasteiger charge is 2.64. The van der Waals surface area contributed by atoms with Crippen molar-refractivity contribution >= 4 is 5.78 Å². The summed E-state index contributed by atoms with van der Waals surface area (Å²) < 4.78 is 0. The van der Waals surface area contributed by atoms with Crippen LogP contribution in [0.4, 0.5) is 0 Å². The number of Topliss-reactive ketones (excluding diaryl/α,β-unsaturated/α-hetero) is 1. The fourth-order valence-electron chi connectivity index (χ4n) is 8.40. The van der Waals surface area contributed by atoms with E-state index in [4.69, 9.17) is 0 Å². The number of carbonyl (C=O) groups is 1. The zero-order valence-electron chi connectivity index (χ0n) is 17.5. The predicted octanol–water partition coefficient (Wildman–Crippen LogP) is 5.77. The van der Waals surface area contributed by atoms with Crippen LogP contribution in [0.3, 0.4) is 0 Å². The molecular weight excluding hydrogens is 320 g/mol. The topological polar surface area (TPSA) is 37.3 Å². The van der Waals surface area contributed by atoms with E-state index in [9.17, 15) is 9.90 Å². The van der Waals surface area contributed by atoms with Gasteiger partial charge in [-0.15, -0.1) is 0 Å². The van der Waals surface area contributed by atoms with E-state index < -0.39 is 5.60 Å². The molecule has 0 radical (unpaired) electrons. The lowest BCUT2D eigenvalue weighted by Crippen LogP contribution is -2.57. The predicted molar refractivity (Wildman–Crippen MR) is 106 cm³/mol. The fraction of sp³-hybridized carbons (Fsp3) is 0.958. The zero-order valence-corrected chi connectivity index (χ0v) is 17.5. The van der Waals surface area contributed by atoms with Gasteiger partial charge in [0.05, 0.1) is 5.60 Å². The number of ketones is 1. The molecule has 0 aromatic heterocycles. The molecule has 1 N–H and O–H groups in total. The van der Waals surface area contributed by atoms with Crippen molar-refractivity contribution in [2.24, 2.45) is 40.4 Å². The van der Waals surface area contributed by atoms with Crippen molar-refractivity contribution in [3.8, 4) is 0 Å². The molecule has 0 bridgehead atoms. The number of hydrogen-bond acceptors (Lipinski definition) is 2. The quantitative estimate of drug-likeness (QED) is 0.694. The molecule has 4 aliphatic rings. The van der Waals surface area contributed by atoms with Crippen molar-refractivity contribution in [3.63, 3.8) is 0 Å². The molecule has 4 aliphatic carbocycles. The molecule has 4 rings (SSSR count). The molecule has 4 saturated carbocycles. The fourth-order valence-corrected chi connectivity index (χ4v) is 8.40. The van der Waals surface area contributed by atoms with Crippen LogP contribution in [0, 0.1) is 40.4 Å². The molecule has 0 spiro atoms. The van der Waals surface area contributed by atoms with E-state index in [1.807, 2.05) is 0 Å². The van der Waals surface area contributed by atoms with Gasteiger partial charge in [0.25, 0.3) is 0 Å². The van der Waals surface area contributed by atoms with Crippen LogP contribution in [-0.2, 0) is 4.79 Å². The first-order chi connectivity index (χ1) is 12.2. The van der Waals surface area contributed by atoms with Gasteiger partial charge in [-0.2, -0.15) is 0 Å². The smallest absolute Gasteiger partial charge is 0.136 e. The average molecular weight is 361 g/mol. The van der Waals surface area contributed by atoms with Crippen molar-refractivity contribution in [1.29, 1.82) is 0 Å². The molecule has 3 unspecified atom stereocenters. The minimum atomic E-state index is -0.424. The number of carbonyl (C=O) groups excluding carboxylic acids is 1. The second-order valence-electron chi connectivity index (χ2n) is 11.1. The first kappa shape index (κ1) is 19.0. The molecule has 0 aromatic rings. The van der Waals surface area contributed by atoms with Gasteiger partial charge in [0.15, 0.2) is 0 Å². The minimum absolute atomic E-state index is 0.128. The van der Waals surface area contributed by atoms with Crippen LogP contribution < -0.4 is 0 Å². The van der Waals surface area contributed by atoms with Gasteiger partial charge in [-0.1, -0.05) is 40.5 Å². The number of fused-ring (bicyclic) bond motifs is 5. The normalized spacial score (nSPS) is 53.7. The summed E-state index contributed by atoms with van der Waals surface area (Å²) in [5.74, 6) is 3.66. The molecule has 0 saturated heterocycles. The second kappa shape index (κ2) is 6.33. The summed E-state index contributed by atoms with van der Waals surface area (Å²) in [6, 6.07) is 0. The highest BCUT2D eigenvalue weighted by atomic mass is 16.3. The van der Waals surface area contributed by atoms with Crippen molar-refractivity contribution in [2.45, 2.75) is 104 Å². The highest BCUT2D eigenvalue weighted by molar-refractivity contribution is 5.82. The van der Waals surface area contributed by atoms with Gasteiger partial charge >= 0.3 is 0 Å². The number of hydrogen-bond donors (Lipinski definition) is 1. The summed E-state index contributed by atoms with van der Waals surface area (Å²) in [6.45, 7) is 9.36. The van der Waals surface area contributed by atoms with Crippen LogP contribution in [0.2, 0.25) is 0 Å². The SMILES string of the molecule is CCCC[C@]1(O)CCC2C3CC[C@H]4CC(=O)[C@H](C)C[C@]4(C)C3CC[C@@]21C. The van der Waals surface area contributed by atoms with Gasteiger partial charge in [-0.25, -0.2) is 0 Å². The molecule has 26 heavy (non-hydrogen) atoms. The van der Waals surface area contributed by atoms with Crippen LogP contribution in [0.25, 0.3) is 0 Å². The molecule has 148 valence electrons. The molecule has 2 nitrogen and oxygen atoms in total. The van der Waals surface area contributed by atoms with Gasteiger partial charge in [0.2, 0.25) is 0 Å². The Balaban J connectivity index is 1.60. The summed E-state index contributed by atoms with van der Waals surface area (Å²) in [7, 11) is 0. The first-order valence-electron chi connectivity index (χ1n) is 11.5. The summed E-state index contributed by atoms with van der Waals surface area (Å²) in [5.41, 5.74) is 0.0660. The van der Waals surface area contributed by atoms with E-state index >= 15 is 0 Å². The Labute approximate surface area is 160 Å². The Kier molecular flexibility index (Phi) is 4.61. The van der Waals surface area contributed by atoms with Gasteiger partial charge in [-0.05, 0) is 85.9 Å². The third kappa shape index (κ3) is 2.50. The van der Waals surface area contributed by atoms with Crippen LogP contribution in [0.15, 0.2) is 0 Å². The average Bonchev–Trinajstić information content (AvgIpc) is 2.86. The van der Waals surface area contributed by atoms with Crippen molar-refractivity contribution in [1.82, 2.24) is 0 Å². The molecule has 0 heterocycles. The van der Waals surface area contributed by atoms with E-state index in [0.717, 1.165) is 43.9 Å². The van der Waals surface area contributed by atoms with Gasteiger partial charge in [-0.3, -0.25) is 4.79 Å². The molecule has 0 aliphatic heterocycles. The molecule has 0 amide bonds. The molecule has 2 heteroatoms. The number of aliphatic hydroxyl groups is 1. The van der Waals surface area contributed by atoms with Crippen LogP contribution in [0.5, 0.6) is 0 Å². The van der Waals surface area contributed by atoms with E-state index in [1.54, 1.807) is 0 Å². The van der Waals surface area contributed by atoms with Gasteiger partial charge in [0.1, 0.15) is 5.78 Å². The maximum atomic E-state index is 12.3. The van der Waals surface area contributed by atoms with E-state index in [0.29, 0.717) is 23.0 Å². The van der Waals surface area contributed by atoms with E-state index in [-0.39, 0.29) is 11.3 Å². The van der Waals surface area contributed by atoms with Crippen LogP contribution >= 0.6 is 0 Å². The van der Waals surface area contributed by atoms with Crippen molar-refractivity contribution < 1.29 is 9.90 Å². The third-order valence-electron chi connectivity index (χ3n) is 10.1. The third-order valence-corrected chi connectivity index (χ3v) is 10.1. The number of rotatable bonds is 3. The lowest BCUT2D eigenvalue weighted by Gasteiger charge is -2.61. The summed E-state index contributed by atoms with van der Waals surface area (Å²) in [5, 5.41) is 11.6. The molecule has 8 atom stereocenters. The van der Waals surface area contributed by atoms with E-state index in [2.05, 4.69) is 27.7 Å². The summed E-state index contributed by atoms with van der Waals surface area (Å²) in [6.07, 6.45) is 12.6. The van der Waals surface area contributed by atoms with Crippen molar-refractivity contribution in [2.75, 3.05) is 0 Å². The number of unbranched alkanes of at least 4 members (excludes halogenated alkanes) is 1. The molecule has 0 aromatic carbocycles. The monoisotopic (exact) mass is 360 g/mol. The zero-order chi connectivity index (χ0) is 18.7. The first-order valence-corrected chi connectivity index (χ1v) is 11.5. The minimum Gasteiger partial charge on any atom is -0.389 e. The molecule has 4 fully saturated rings. The summed E-state index contributed by atoms with van der Waals surface area (Å²) in [4.78, 5) is 12.3. The largest absolute Gasteiger partial charge is 0.389 e. The van der Waals surface area contributed by atoms with Gasteiger partial charge in [0, 0.05) is 12.3 Å². The van der Waals surface area contributed by atoms with Crippen molar-refractivity contribution in [3.05, 3.63) is 0 Å². The lowest BCUT2D eigenvalue weighted by atomic mass is 9.43. The maximum Gasteiger partial charge on any atom is 0.136 e. The lowest BCUT2D eigenvalue weighted by molar-refractivity contribution is -0.163. The highest BCUT2D eigenvalue weighted by Crippen LogP contribution is 2.68.